The summed E-state index contributed by atoms with van der Waals surface area (Å²) in [7, 11) is 0. The largest absolute Gasteiger partial charge is 0.327 e. The SMILES string of the molecule is CCCCC(N)Cc1ccc2c(c1)CCN2C(=O)CC. The van der Waals surface area contributed by atoms with Crippen LogP contribution in [0.4, 0.5) is 5.69 Å². The van der Waals surface area contributed by atoms with Gasteiger partial charge in [-0.2, -0.15) is 0 Å². The summed E-state index contributed by atoms with van der Waals surface area (Å²) in [5, 5.41) is 0. The number of amides is 1. The predicted molar refractivity (Wildman–Crippen MR) is 84.0 cm³/mol. The van der Waals surface area contributed by atoms with Gasteiger partial charge < -0.3 is 10.6 Å². The third-order valence-corrected chi connectivity index (χ3v) is 4.07. The molecule has 1 aromatic carbocycles. The number of nitrogens with two attached hydrogens (primary N) is 1. The second-order valence-electron chi connectivity index (χ2n) is 5.72. The first-order chi connectivity index (χ1) is 9.65. The molecule has 1 atom stereocenters. The zero-order valence-electron chi connectivity index (χ0n) is 12.7. The number of nitrogens with zero attached hydrogens (tertiary/aromatic N) is 1. The van der Waals surface area contributed by atoms with Gasteiger partial charge in [0.05, 0.1) is 0 Å². The molecule has 0 aromatic heterocycles. The second kappa shape index (κ2) is 6.89. The lowest BCUT2D eigenvalue weighted by Gasteiger charge is -2.17. The molecule has 2 rings (SSSR count). The summed E-state index contributed by atoms with van der Waals surface area (Å²) in [6.07, 6.45) is 5.97. The number of carbonyl (C=O) groups is 1. The van der Waals surface area contributed by atoms with Crippen molar-refractivity contribution in [3.63, 3.8) is 0 Å². The third-order valence-electron chi connectivity index (χ3n) is 4.07. The molecule has 0 saturated heterocycles. The van der Waals surface area contributed by atoms with Crippen LogP contribution in [-0.2, 0) is 17.6 Å². The molecule has 1 amide bonds. The van der Waals surface area contributed by atoms with E-state index in [0.29, 0.717) is 6.42 Å². The van der Waals surface area contributed by atoms with Crippen molar-refractivity contribution in [1.82, 2.24) is 0 Å². The fourth-order valence-electron chi connectivity index (χ4n) is 2.90. The number of rotatable bonds is 6. The molecule has 3 nitrogen and oxygen atoms in total. The van der Waals surface area contributed by atoms with Crippen molar-refractivity contribution in [2.75, 3.05) is 11.4 Å². The molecule has 1 aliphatic heterocycles. The van der Waals surface area contributed by atoms with Crippen molar-refractivity contribution in [2.45, 2.75) is 58.4 Å². The van der Waals surface area contributed by atoms with Gasteiger partial charge in [-0.3, -0.25) is 4.79 Å². The highest BCUT2D eigenvalue weighted by Crippen LogP contribution is 2.29. The van der Waals surface area contributed by atoms with Crippen LogP contribution in [0.3, 0.4) is 0 Å². The van der Waals surface area contributed by atoms with Crippen LogP contribution >= 0.6 is 0 Å². The van der Waals surface area contributed by atoms with Crippen molar-refractivity contribution in [2.24, 2.45) is 5.73 Å². The fraction of sp³-hybridized carbons (Fsp3) is 0.588. The van der Waals surface area contributed by atoms with Gasteiger partial charge >= 0.3 is 0 Å². The van der Waals surface area contributed by atoms with E-state index in [-0.39, 0.29) is 11.9 Å². The predicted octanol–water partition coefficient (Wildman–Crippen LogP) is 3.05. The summed E-state index contributed by atoms with van der Waals surface area (Å²) in [6, 6.07) is 6.72. The number of hydrogen-bond donors (Lipinski definition) is 1. The average molecular weight is 274 g/mol. The maximum absolute atomic E-state index is 11.9. The van der Waals surface area contributed by atoms with E-state index in [9.17, 15) is 4.79 Å². The number of unbranched alkanes of at least 4 members (excludes halogenated alkanes) is 1. The molecular formula is C17H26N2O. The summed E-state index contributed by atoms with van der Waals surface area (Å²) in [4.78, 5) is 13.8. The van der Waals surface area contributed by atoms with E-state index in [2.05, 4.69) is 25.1 Å². The van der Waals surface area contributed by atoms with Crippen LogP contribution in [0.15, 0.2) is 18.2 Å². The minimum absolute atomic E-state index is 0.219. The summed E-state index contributed by atoms with van der Waals surface area (Å²) in [5.74, 6) is 0.219. The average Bonchev–Trinajstić information content (AvgIpc) is 2.87. The number of hydrogen-bond acceptors (Lipinski definition) is 2. The molecule has 0 bridgehead atoms. The van der Waals surface area contributed by atoms with Gasteiger partial charge in [-0.15, -0.1) is 0 Å². The Kier molecular flexibility index (Phi) is 5.18. The maximum atomic E-state index is 11.9. The molecule has 3 heteroatoms. The van der Waals surface area contributed by atoms with E-state index in [0.717, 1.165) is 31.5 Å². The lowest BCUT2D eigenvalue weighted by atomic mass is 9.99. The van der Waals surface area contributed by atoms with Crippen LogP contribution in [0.5, 0.6) is 0 Å². The molecule has 1 heterocycles. The smallest absolute Gasteiger partial charge is 0.226 e. The van der Waals surface area contributed by atoms with E-state index < -0.39 is 0 Å². The van der Waals surface area contributed by atoms with Crippen molar-refractivity contribution < 1.29 is 4.79 Å². The van der Waals surface area contributed by atoms with Gasteiger partial charge in [-0.25, -0.2) is 0 Å². The Morgan fingerprint density at radius 2 is 2.20 bits per heavy atom. The van der Waals surface area contributed by atoms with Crippen molar-refractivity contribution in [3.05, 3.63) is 29.3 Å². The van der Waals surface area contributed by atoms with Crippen LogP contribution < -0.4 is 10.6 Å². The summed E-state index contributed by atoms with van der Waals surface area (Å²) in [5.41, 5.74) is 9.87. The Morgan fingerprint density at radius 1 is 1.40 bits per heavy atom. The van der Waals surface area contributed by atoms with Gasteiger partial charge in [-0.1, -0.05) is 38.8 Å². The fourth-order valence-corrected chi connectivity index (χ4v) is 2.90. The molecule has 1 aliphatic rings. The highest BCUT2D eigenvalue weighted by molar-refractivity contribution is 5.95. The normalized spacial score (nSPS) is 15.2. The van der Waals surface area contributed by atoms with E-state index >= 15 is 0 Å². The first-order valence-corrected chi connectivity index (χ1v) is 7.83. The highest BCUT2D eigenvalue weighted by atomic mass is 16.2. The Balaban J connectivity index is 2.04. The van der Waals surface area contributed by atoms with Crippen molar-refractivity contribution in [1.29, 1.82) is 0 Å². The summed E-state index contributed by atoms with van der Waals surface area (Å²) in [6.45, 7) is 4.94. The zero-order chi connectivity index (χ0) is 14.5. The Labute approximate surface area is 122 Å². The molecule has 1 aromatic rings. The lowest BCUT2D eigenvalue weighted by Crippen LogP contribution is -2.27. The van der Waals surface area contributed by atoms with Crippen LogP contribution in [-0.4, -0.2) is 18.5 Å². The van der Waals surface area contributed by atoms with Crippen molar-refractivity contribution in [3.8, 4) is 0 Å². The Morgan fingerprint density at radius 3 is 2.90 bits per heavy atom. The number of carbonyl (C=O) groups excluding carboxylic acids is 1. The molecule has 20 heavy (non-hydrogen) atoms. The molecule has 0 saturated carbocycles. The molecular weight excluding hydrogens is 248 g/mol. The van der Waals surface area contributed by atoms with Gasteiger partial charge in [0.1, 0.15) is 0 Å². The van der Waals surface area contributed by atoms with E-state index in [4.69, 9.17) is 5.73 Å². The molecule has 0 fully saturated rings. The highest BCUT2D eigenvalue weighted by Gasteiger charge is 2.23. The number of anilines is 1. The van der Waals surface area contributed by atoms with E-state index in [1.165, 1.54) is 24.0 Å². The molecule has 0 spiro atoms. The minimum atomic E-state index is 0.219. The maximum Gasteiger partial charge on any atom is 0.226 e. The summed E-state index contributed by atoms with van der Waals surface area (Å²) >= 11 is 0. The van der Waals surface area contributed by atoms with Crippen LogP contribution in [0.2, 0.25) is 0 Å². The van der Waals surface area contributed by atoms with Gasteiger partial charge in [0.25, 0.3) is 0 Å². The Hall–Kier alpha value is -1.35. The van der Waals surface area contributed by atoms with E-state index in [1.807, 2.05) is 11.8 Å². The lowest BCUT2D eigenvalue weighted by molar-refractivity contribution is -0.118. The van der Waals surface area contributed by atoms with Crippen LogP contribution in [0.1, 0.15) is 50.7 Å². The molecule has 0 aliphatic carbocycles. The Bertz CT molecular complexity index is 470. The van der Waals surface area contributed by atoms with Gasteiger partial charge in [0, 0.05) is 24.7 Å². The van der Waals surface area contributed by atoms with E-state index in [1.54, 1.807) is 0 Å². The first-order valence-electron chi connectivity index (χ1n) is 7.83. The molecule has 1 unspecified atom stereocenters. The topological polar surface area (TPSA) is 46.3 Å². The quantitative estimate of drug-likeness (QED) is 0.866. The van der Waals surface area contributed by atoms with Gasteiger partial charge in [-0.05, 0) is 36.5 Å². The summed E-state index contributed by atoms with van der Waals surface area (Å²) < 4.78 is 0. The standard InChI is InChI=1S/C17H26N2O/c1-3-5-6-15(18)12-13-7-8-16-14(11-13)9-10-19(16)17(20)4-2/h7-8,11,15H,3-6,9-10,12,18H2,1-2H3. The molecule has 2 N–H and O–H groups in total. The third kappa shape index (κ3) is 3.40. The number of benzene rings is 1. The first kappa shape index (κ1) is 15.0. The minimum Gasteiger partial charge on any atom is -0.327 e. The van der Waals surface area contributed by atoms with Crippen molar-refractivity contribution >= 4 is 11.6 Å². The second-order valence-corrected chi connectivity index (χ2v) is 5.72. The molecule has 110 valence electrons. The number of fused-ring (bicyclic) bond motifs is 1. The van der Waals surface area contributed by atoms with Crippen LogP contribution in [0, 0.1) is 0 Å². The van der Waals surface area contributed by atoms with Crippen LogP contribution in [0.25, 0.3) is 0 Å². The van der Waals surface area contributed by atoms with Gasteiger partial charge in [0.15, 0.2) is 0 Å². The molecule has 0 radical (unpaired) electrons. The van der Waals surface area contributed by atoms with Gasteiger partial charge in [0.2, 0.25) is 5.91 Å². The monoisotopic (exact) mass is 274 g/mol. The zero-order valence-corrected chi connectivity index (χ0v) is 12.7.